The van der Waals surface area contributed by atoms with Crippen LogP contribution in [-0.4, -0.2) is 4.98 Å². The molecule has 0 aliphatic carbocycles. The zero-order valence-electron chi connectivity index (χ0n) is 8.66. The minimum atomic E-state index is -0.879. The number of hydrogen-bond donors (Lipinski definition) is 0. The fourth-order valence-corrected chi connectivity index (χ4v) is 1.64. The third-order valence-corrected chi connectivity index (χ3v) is 2.54. The Hall–Kier alpha value is -1.49. The standard InChI is InChI=1S/C12H8BrF2NO/c13-9-4-10(6-16-5-9)17-7-8-2-1-3-11(14)12(8)15/h1-6H,7H2. The summed E-state index contributed by atoms with van der Waals surface area (Å²) in [7, 11) is 0. The first kappa shape index (κ1) is 12.0. The SMILES string of the molecule is Fc1cccc(COc2cncc(Br)c2)c1F. The number of nitrogens with zero attached hydrogens (tertiary/aromatic N) is 1. The smallest absolute Gasteiger partial charge is 0.165 e. The van der Waals surface area contributed by atoms with Gasteiger partial charge in [-0.2, -0.15) is 0 Å². The maximum absolute atomic E-state index is 13.3. The first-order chi connectivity index (χ1) is 8.16. The fraction of sp³-hybridized carbons (Fsp3) is 0.0833. The van der Waals surface area contributed by atoms with Gasteiger partial charge in [-0.25, -0.2) is 8.78 Å². The van der Waals surface area contributed by atoms with Crippen molar-refractivity contribution in [1.82, 2.24) is 4.98 Å². The summed E-state index contributed by atoms with van der Waals surface area (Å²) < 4.78 is 32.3. The number of rotatable bonds is 3. The van der Waals surface area contributed by atoms with Crippen LogP contribution in [0.15, 0.2) is 41.1 Å². The molecule has 0 saturated heterocycles. The molecule has 0 saturated carbocycles. The Morgan fingerprint density at radius 1 is 1.24 bits per heavy atom. The normalized spacial score (nSPS) is 10.3. The molecule has 1 heterocycles. The van der Waals surface area contributed by atoms with Gasteiger partial charge in [-0.1, -0.05) is 12.1 Å². The van der Waals surface area contributed by atoms with Crippen LogP contribution in [0.1, 0.15) is 5.56 Å². The summed E-state index contributed by atoms with van der Waals surface area (Å²) in [6, 6.07) is 5.68. The van der Waals surface area contributed by atoms with E-state index < -0.39 is 11.6 Å². The van der Waals surface area contributed by atoms with Gasteiger partial charge in [-0.3, -0.25) is 4.98 Å². The molecule has 0 radical (unpaired) electrons. The van der Waals surface area contributed by atoms with Gasteiger partial charge in [-0.15, -0.1) is 0 Å². The van der Waals surface area contributed by atoms with E-state index in [4.69, 9.17) is 4.74 Å². The largest absolute Gasteiger partial charge is 0.487 e. The molecular formula is C12H8BrF2NO. The molecule has 2 rings (SSSR count). The van der Waals surface area contributed by atoms with E-state index in [1.54, 1.807) is 12.3 Å². The van der Waals surface area contributed by atoms with Gasteiger partial charge in [0.05, 0.1) is 6.20 Å². The third kappa shape index (κ3) is 3.00. The maximum atomic E-state index is 13.3. The number of hydrogen-bond acceptors (Lipinski definition) is 2. The van der Waals surface area contributed by atoms with E-state index in [1.807, 2.05) is 0 Å². The summed E-state index contributed by atoms with van der Waals surface area (Å²) >= 11 is 3.24. The lowest BCUT2D eigenvalue weighted by Crippen LogP contribution is -2.00. The van der Waals surface area contributed by atoms with Crippen LogP contribution < -0.4 is 4.74 Å². The molecule has 0 amide bonds. The van der Waals surface area contributed by atoms with Gasteiger partial charge < -0.3 is 4.74 Å². The maximum Gasteiger partial charge on any atom is 0.165 e. The van der Waals surface area contributed by atoms with Crippen LogP contribution in [-0.2, 0) is 6.61 Å². The van der Waals surface area contributed by atoms with Crippen molar-refractivity contribution in [2.75, 3.05) is 0 Å². The molecule has 0 bridgehead atoms. The summed E-state index contributed by atoms with van der Waals surface area (Å²) in [5.74, 6) is -1.27. The van der Waals surface area contributed by atoms with E-state index in [9.17, 15) is 8.78 Å². The Kier molecular flexibility index (Phi) is 3.68. The summed E-state index contributed by atoms with van der Waals surface area (Å²) in [5, 5.41) is 0. The van der Waals surface area contributed by atoms with Crippen LogP contribution in [0.5, 0.6) is 5.75 Å². The second kappa shape index (κ2) is 5.23. The predicted molar refractivity (Wildman–Crippen MR) is 62.6 cm³/mol. The highest BCUT2D eigenvalue weighted by atomic mass is 79.9. The first-order valence-electron chi connectivity index (χ1n) is 4.83. The van der Waals surface area contributed by atoms with E-state index in [1.165, 1.54) is 18.3 Å². The average Bonchev–Trinajstić information content (AvgIpc) is 2.31. The van der Waals surface area contributed by atoms with Gasteiger partial charge in [0.1, 0.15) is 12.4 Å². The van der Waals surface area contributed by atoms with Crippen molar-refractivity contribution in [2.45, 2.75) is 6.61 Å². The van der Waals surface area contributed by atoms with Gasteiger partial charge >= 0.3 is 0 Å². The lowest BCUT2D eigenvalue weighted by molar-refractivity contribution is 0.296. The minimum Gasteiger partial charge on any atom is -0.487 e. The fourth-order valence-electron chi connectivity index (χ4n) is 1.29. The number of aromatic nitrogens is 1. The summed E-state index contributed by atoms with van der Waals surface area (Å²) in [6.45, 7) is -0.0400. The second-order valence-corrected chi connectivity index (χ2v) is 4.26. The summed E-state index contributed by atoms with van der Waals surface area (Å²) in [5.41, 5.74) is 0.171. The lowest BCUT2D eigenvalue weighted by atomic mass is 10.2. The molecule has 0 atom stereocenters. The van der Waals surface area contributed by atoms with Gasteiger partial charge in [0, 0.05) is 16.2 Å². The van der Waals surface area contributed by atoms with E-state index in [2.05, 4.69) is 20.9 Å². The molecule has 0 aliphatic rings. The summed E-state index contributed by atoms with van der Waals surface area (Å²) in [4.78, 5) is 3.90. The Balaban J connectivity index is 2.10. The monoisotopic (exact) mass is 299 g/mol. The molecule has 0 unspecified atom stereocenters. The van der Waals surface area contributed by atoms with Crippen molar-refractivity contribution in [1.29, 1.82) is 0 Å². The van der Waals surface area contributed by atoms with Gasteiger partial charge in [0.25, 0.3) is 0 Å². The minimum absolute atomic E-state index is 0.0400. The summed E-state index contributed by atoms with van der Waals surface area (Å²) in [6.07, 6.45) is 3.11. The van der Waals surface area contributed by atoms with Crippen LogP contribution in [0.25, 0.3) is 0 Å². The highest BCUT2D eigenvalue weighted by Gasteiger charge is 2.08. The van der Waals surface area contributed by atoms with E-state index in [0.717, 1.165) is 10.5 Å². The van der Waals surface area contributed by atoms with Crippen molar-refractivity contribution < 1.29 is 13.5 Å². The third-order valence-electron chi connectivity index (χ3n) is 2.11. The Morgan fingerprint density at radius 2 is 2.06 bits per heavy atom. The van der Waals surface area contributed by atoms with Crippen molar-refractivity contribution in [3.63, 3.8) is 0 Å². The van der Waals surface area contributed by atoms with Crippen molar-refractivity contribution in [3.05, 3.63) is 58.3 Å². The molecular weight excluding hydrogens is 292 g/mol. The molecule has 0 aliphatic heterocycles. The van der Waals surface area contributed by atoms with Gasteiger partial charge in [0.15, 0.2) is 11.6 Å². The van der Waals surface area contributed by atoms with Crippen LogP contribution in [0, 0.1) is 11.6 Å². The zero-order chi connectivity index (χ0) is 12.3. The molecule has 0 N–H and O–H groups in total. The lowest BCUT2D eigenvalue weighted by Gasteiger charge is -2.07. The van der Waals surface area contributed by atoms with E-state index in [0.29, 0.717) is 5.75 Å². The molecule has 2 aromatic rings. The van der Waals surface area contributed by atoms with Crippen molar-refractivity contribution in [3.8, 4) is 5.75 Å². The average molecular weight is 300 g/mol. The molecule has 17 heavy (non-hydrogen) atoms. The molecule has 1 aromatic heterocycles. The number of benzene rings is 1. The molecule has 0 fully saturated rings. The second-order valence-electron chi connectivity index (χ2n) is 3.34. The number of pyridine rings is 1. The van der Waals surface area contributed by atoms with Gasteiger partial charge in [0.2, 0.25) is 0 Å². The van der Waals surface area contributed by atoms with Crippen molar-refractivity contribution in [2.24, 2.45) is 0 Å². The van der Waals surface area contributed by atoms with Crippen LogP contribution in [0.4, 0.5) is 8.78 Å². The van der Waals surface area contributed by atoms with Crippen molar-refractivity contribution >= 4 is 15.9 Å². The van der Waals surface area contributed by atoms with Crippen LogP contribution in [0.2, 0.25) is 0 Å². The Morgan fingerprint density at radius 3 is 2.82 bits per heavy atom. The van der Waals surface area contributed by atoms with E-state index >= 15 is 0 Å². The molecule has 1 aromatic carbocycles. The molecule has 2 nitrogen and oxygen atoms in total. The zero-order valence-corrected chi connectivity index (χ0v) is 10.2. The Bertz CT molecular complexity index is 534. The highest BCUT2D eigenvalue weighted by molar-refractivity contribution is 9.10. The quantitative estimate of drug-likeness (QED) is 0.862. The van der Waals surface area contributed by atoms with Crippen LogP contribution in [0.3, 0.4) is 0 Å². The highest BCUT2D eigenvalue weighted by Crippen LogP contribution is 2.18. The van der Waals surface area contributed by atoms with E-state index in [-0.39, 0.29) is 12.2 Å². The van der Waals surface area contributed by atoms with Gasteiger partial charge in [-0.05, 0) is 28.1 Å². The predicted octanol–water partition coefficient (Wildman–Crippen LogP) is 3.70. The molecule has 88 valence electrons. The first-order valence-corrected chi connectivity index (χ1v) is 5.62. The van der Waals surface area contributed by atoms with Crippen LogP contribution >= 0.6 is 15.9 Å². The Labute approximate surface area is 105 Å². The number of halogens is 3. The molecule has 5 heteroatoms. The number of ether oxygens (including phenoxy) is 1. The molecule has 0 spiro atoms. The topological polar surface area (TPSA) is 22.1 Å².